The third-order valence-corrected chi connectivity index (χ3v) is 11.2. The van der Waals surface area contributed by atoms with Gasteiger partial charge in [-0.15, -0.1) is 9.36 Å². The lowest BCUT2D eigenvalue weighted by molar-refractivity contribution is -0.659. The van der Waals surface area contributed by atoms with Gasteiger partial charge in [0.15, 0.2) is 0 Å². The molecule has 0 radical (unpaired) electrons. The van der Waals surface area contributed by atoms with E-state index in [1.54, 1.807) is 46.3 Å². The second kappa shape index (κ2) is 19.2. The molecule has 0 amide bonds. The maximum atomic E-state index is 10.4. The molecule has 3 heterocycles. The van der Waals surface area contributed by atoms with Gasteiger partial charge in [-0.3, -0.25) is 0 Å². The van der Waals surface area contributed by atoms with Gasteiger partial charge in [0.25, 0.3) is 0 Å². The van der Waals surface area contributed by atoms with Gasteiger partial charge in [-0.25, -0.2) is 26.0 Å². The highest BCUT2D eigenvalue weighted by Crippen LogP contribution is 2.30. The van der Waals surface area contributed by atoms with E-state index in [0.717, 1.165) is 48.7 Å². The SMILES string of the molecule is Cc1cc(N=Nc2n(C)nc[n+]2C)ccc1N1CCN(c2ccc(N=Nc3n(C)nc[n+]3C)cc2C)CC1.Cc1ccc(S(=O)(=O)[O-])cc1.Cc1ccc(S(=O)(=O)[O-])cc1. The molecular formula is C40H48N12O6S2. The Labute approximate surface area is 350 Å². The van der Waals surface area contributed by atoms with Crippen LogP contribution in [0.15, 0.2) is 128 Å². The molecule has 18 nitrogen and oxygen atoms in total. The average Bonchev–Trinajstić information content (AvgIpc) is 3.70. The van der Waals surface area contributed by atoms with Gasteiger partial charge in [0.2, 0.25) is 12.7 Å². The van der Waals surface area contributed by atoms with Gasteiger partial charge in [-0.2, -0.15) is 0 Å². The third-order valence-electron chi connectivity index (χ3n) is 9.46. The second-order valence-corrected chi connectivity index (χ2v) is 16.9. The first kappa shape index (κ1) is 44.9. The van der Waals surface area contributed by atoms with Crippen LogP contribution >= 0.6 is 0 Å². The molecule has 0 aliphatic carbocycles. The van der Waals surface area contributed by atoms with Crippen LogP contribution in [-0.2, 0) is 48.4 Å². The molecule has 1 saturated heterocycles. The van der Waals surface area contributed by atoms with Crippen molar-refractivity contribution in [3.05, 3.63) is 120 Å². The van der Waals surface area contributed by atoms with Crippen molar-refractivity contribution in [2.45, 2.75) is 37.5 Å². The van der Waals surface area contributed by atoms with E-state index in [9.17, 15) is 25.9 Å². The molecule has 0 N–H and O–H groups in total. The van der Waals surface area contributed by atoms with Gasteiger partial charge in [-0.05, 0) is 110 Å². The minimum atomic E-state index is -4.27. The van der Waals surface area contributed by atoms with Crippen molar-refractivity contribution in [2.24, 2.45) is 48.6 Å². The number of hydrogen-bond donors (Lipinski definition) is 0. The van der Waals surface area contributed by atoms with Gasteiger partial charge in [-0.1, -0.05) is 45.6 Å². The van der Waals surface area contributed by atoms with Crippen LogP contribution < -0.4 is 18.9 Å². The van der Waals surface area contributed by atoms with Gasteiger partial charge >= 0.3 is 11.9 Å². The molecule has 0 spiro atoms. The first-order chi connectivity index (χ1) is 28.3. The van der Waals surface area contributed by atoms with Crippen LogP contribution in [0.5, 0.6) is 0 Å². The lowest BCUT2D eigenvalue weighted by Crippen LogP contribution is -2.47. The van der Waals surface area contributed by atoms with E-state index >= 15 is 0 Å². The fraction of sp³-hybridized carbons (Fsp3) is 0.300. The zero-order chi connectivity index (χ0) is 43.8. The summed E-state index contributed by atoms with van der Waals surface area (Å²) in [6, 6.07) is 24.1. The zero-order valence-corrected chi connectivity index (χ0v) is 36.3. The minimum absolute atomic E-state index is 0.178. The first-order valence-electron chi connectivity index (χ1n) is 18.6. The predicted molar refractivity (Wildman–Crippen MR) is 222 cm³/mol. The number of nitrogens with zero attached hydrogens (tertiary/aromatic N) is 12. The van der Waals surface area contributed by atoms with E-state index in [1.165, 1.54) is 46.8 Å². The molecule has 0 atom stereocenters. The van der Waals surface area contributed by atoms with Crippen LogP contribution in [0.3, 0.4) is 0 Å². The molecular weight excluding hydrogens is 809 g/mol. The summed E-state index contributed by atoms with van der Waals surface area (Å²) >= 11 is 0. The molecule has 1 fully saturated rings. The van der Waals surface area contributed by atoms with Crippen LogP contribution in [0.1, 0.15) is 22.3 Å². The van der Waals surface area contributed by atoms with Crippen molar-refractivity contribution in [3.63, 3.8) is 0 Å². The average molecular weight is 857 g/mol. The maximum Gasteiger partial charge on any atom is 0.403 e. The Morgan fingerprint density at radius 3 is 1.13 bits per heavy atom. The summed E-state index contributed by atoms with van der Waals surface area (Å²) in [4.78, 5) is 4.53. The van der Waals surface area contributed by atoms with E-state index < -0.39 is 20.2 Å². The summed E-state index contributed by atoms with van der Waals surface area (Å²) in [5, 5.41) is 25.9. The second-order valence-electron chi connectivity index (χ2n) is 14.2. The summed E-state index contributed by atoms with van der Waals surface area (Å²) in [5.41, 5.74) is 8.38. The lowest BCUT2D eigenvalue weighted by Gasteiger charge is -2.38. The molecule has 316 valence electrons. The maximum absolute atomic E-state index is 10.4. The Balaban J connectivity index is 0.000000252. The molecule has 0 bridgehead atoms. The number of benzene rings is 4. The Kier molecular flexibility index (Phi) is 14.4. The van der Waals surface area contributed by atoms with Crippen LogP contribution in [0, 0.1) is 27.7 Å². The molecule has 0 saturated carbocycles. The van der Waals surface area contributed by atoms with Crippen LogP contribution in [0.2, 0.25) is 0 Å². The molecule has 20 heteroatoms. The Bertz CT molecular complexity index is 2480. The quantitative estimate of drug-likeness (QED) is 0.108. The highest BCUT2D eigenvalue weighted by Gasteiger charge is 2.21. The standard InChI is InChI=1S/C26H34N12.2C7H8O3S/c1-19-15-21(29-31-25-33(3)17-27-35(25)5)7-9-23(19)37-11-13-38(14-12-37)24-10-8-22(16-20(24)2)30-32-26-34(4)18-28-36(26)6;2*1-6-2-4-7(5-3-6)11(8,9)10/h7-10,15-18H,11-14H2,1-6H3;2*2-5H,1H3,(H,8,9,10)/q+2;;/p-2. The van der Waals surface area contributed by atoms with E-state index in [2.05, 4.69) is 78.6 Å². The summed E-state index contributed by atoms with van der Waals surface area (Å²) in [6.45, 7) is 11.7. The van der Waals surface area contributed by atoms with E-state index in [0.29, 0.717) is 11.9 Å². The molecule has 0 unspecified atom stereocenters. The van der Waals surface area contributed by atoms with Crippen molar-refractivity contribution >= 4 is 54.9 Å². The lowest BCUT2D eigenvalue weighted by atomic mass is 10.1. The van der Waals surface area contributed by atoms with Gasteiger partial charge in [0.1, 0.15) is 20.2 Å². The zero-order valence-electron chi connectivity index (χ0n) is 34.7. The largest absolute Gasteiger partial charge is 0.744 e. The number of azo groups is 2. The fourth-order valence-corrected chi connectivity index (χ4v) is 7.10. The Morgan fingerprint density at radius 1 is 0.533 bits per heavy atom. The minimum Gasteiger partial charge on any atom is -0.744 e. The van der Waals surface area contributed by atoms with Crippen molar-refractivity contribution in [1.29, 1.82) is 0 Å². The highest BCUT2D eigenvalue weighted by molar-refractivity contribution is 7.86. The van der Waals surface area contributed by atoms with E-state index in [4.69, 9.17) is 0 Å². The molecule has 1 aliphatic heterocycles. The van der Waals surface area contributed by atoms with Crippen LogP contribution in [0.4, 0.5) is 34.6 Å². The number of aromatic nitrogens is 6. The fourth-order valence-electron chi connectivity index (χ4n) is 6.16. The number of anilines is 2. The van der Waals surface area contributed by atoms with E-state index in [1.807, 2.05) is 63.3 Å². The van der Waals surface area contributed by atoms with Crippen LogP contribution in [0.25, 0.3) is 0 Å². The number of hydrogen-bond acceptors (Lipinski definition) is 14. The monoisotopic (exact) mass is 856 g/mol. The molecule has 2 aromatic heterocycles. The van der Waals surface area contributed by atoms with Gasteiger partial charge < -0.3 is 18.9 Å². The summed E-state index contributed by atoms with van der Waals surface area (Å²) < 4.78 is 69.4. The molecule has 4 aromatic carbocycles. The van der Waals surface area contributed by atoms with Crippen molar-refractivity contribution in [3.8, 4) is 0 Å². The topological polar surface area (TPSA) is 214 Å². The van der Waals surface area contributed by atoms with Crippen LogP contribution in [-0.4, -0.2) is 71.7 Å². The Hall–Kier alpha value is -6.22. The van der Waals surface area contributed by atoms with Crippen molar-refractivity contribution in [2.75, 3.05) is 36.0 Å². The molecule has 6 aromatic rings. The number of aryl methyl sites for hydroxylation is 8. The molecule has 7 rings (SSSR count). The highest BCUT2D eigenvalue weighted by atomic mass is 32.2. The van der Waals surface area contributed by atoms with Gasteiger partial charge in [0, 0.05) is 47.8 Å². The van der Waals surface area contributed by atoms with Gasteiger partial charge in [0.05, 0.1) is 49.4 Å². The number of rotatable bonds is 8. The predicted octanol–water partition coefficient (Wildman–Crippen LogP) is 5.38. The molecule has 60 heavy (non-hydrogen) atoms. The summed E-state index contributed by atoms with van der Waals surface area (Å²) in [6.07, 6.45) is 3.43. The molecule has 1 aliphatic rings. The van der Waals surface area contributed by atoms with Crippen molar-refractivity contribution in [1.82, 2.24) is 19.6 Å². The normalized spacial score (nSPS) is 13.3. The smallest absolute Gasteiger partial charge is 0.403 e. The third kappa shape index (κ3) is 11.9. The Morgan fingerprint density at radius 2 is 0.867 bits per heavy atom. The first-order valence-corrected chi connectivity index (χ1v) is 21.5. The number of piperazine rings is 1. The summed E-state index contributed by atoms with van der Waals surface area (Å²) in [7, 11) is -1.02. The van der Waals surface area contributed by atoms with E-state index in [-0.39, 0.29) is 9.79 Å². The summed E-state index contributed by atoms with van der Waals surface area (Å²) in [5.74, 6) is 1.38. The van der Waals surface area contributed by atoms with Crippen molar-refractivity contribution < 1.29 is 35.1 Å².